The highest BCUT2D eigenvalue weighted by Gasteiger charge is 2.44. The van der Waals surface area contributed by atoms with E-state index in [0.29, 0.717) is 17.9 Å². The summed E-state index contributed by atoms with van der Waals surface area (Å²) in [6.07, 6.45) is 1.21. The Labute approximate surface area is 211 Å². The molecule has 0 aliphatic carbocycles. The smallest absolute Gasteiger partial charge is 0.105 e. The van der Waals surface area contributed by atoms with Crippen molar-refractivity contribution in [2.45, 2.75) is 120 Å². The van der Waals surface area contributed by atoms with Gasteiger partial charge in [-0.3, -0.25) is 0 Å². The van der Waals surface area contributed by atoms with E-state index in [2.05, 4.69) is 46.0 Å². The maximum atomic E-state index is 11.3. The number of oxime groups is 1. The van der Waals surface area contributed by atoms with Crippen LogP contribution < -0.4 is 0 Å². The molecule has 0 radical (unpaired) electrons. The molecule has 2 N–H and O–H groups in total. The SMILES string of the molecule is C=C1C[C@@H](C)[C@](C)(OC)C[C@@H](C)/C(=N\O)C(C)C(O)C(C)(C)[C@@H](CC)OC(=C)[C@@H]1C.CC.CC. The second-order valence-corrected chi connectivity index (χ2v) is 10.2. The standard InChI is InChI=1S/C25H45NO4.2C2H6/c1-12-21-24(8,9)23(27)19(6)22(26-28)16(3)14-25(10,29-11)17(4)13-15(2)18(5)20(7)30-21;2*1-2/h16-19,21,23,27-28H,2,7,12-14H2,1,3-6,8-11H3;2*1-2H3/b26-22+;;/t16-,17-,18-,19?,21-,23?,25-;;/m1../s1. The topological polar surface area (TPSA) is 71.3 Å². The number of nitrogens with zero attached hydrogens (tertiary/aromatic N) is 1. The summed E-state index contributed by atoms with van der Waals surface area (Å²) in [4.78, 5) is 0. The molecule has 34 heavy (non-hydrogen) atoms. The van der Waals surface area contributed by atoms with Gasteiger partial charge in [0.25, 0.3) is 0 Å². The average molecular weight is 484 g/mol. The molecular weight excluding hydrogens is 426 g/mol. The first-order chi connectivity index (χ1) is 15.8. The second-order valence-electron chi connectivity index (χ2n) is 10.2. The molecule has 0 saturated carbocycles. The van der Waals surface area contributed by atoms with E-state index >= 15 is 0 Å². The van der Waals surface area contributed by atoms with Crippen molar-refractivity contribution in [3.63, 3.8) is 0 Å². The van der Waals surface area contributed by atoms with Crippen LogP contribution in [-0.4, -0.2) is 40.9 Å². The van der Waals surface area contributed by atoms with Gasteiger partial charge in [0.15, 0.2) is 0 Å². The minimum absolute atomic E-state index is 0.00269. The van der Waals surface area contributed by atoms with Gasteiger partial charge in [-0.2, -0.15) is 0 Å². The Balaban J connectivity index is 0. The molecule has 0 aromatic carbocycles. The van der Waals surface area contributed by atoms with Gasteiger partial charge in [0.2, 0.25) is 0 Å². The third kappa shape index (κ3) is 8.41. The Kier molecular flexibility index (Phi) is 16.0. The lowest BCUT2D eigenvalue weighted by molar-refractivity contribution is -0.0802. The lowest BCUT2D eigenvalue weighted by Gasteiger charge is -2.43. The molecule has 0 bridgehead atoms. The van der Waals surface area contributed by atoms with Gasteiger partial charge >= 0.3 is 0 Å². The van der Waals surface area contributed by atoms with Gasteiger partial charge in [0.1, 0.15) is 6.10 Å². The zero-order valence-corrected chi connectivity index (χ0v) is 24.7. The molecule has 1 aliphatic rings. The number of allylic oxidation sites excluding steroid dienone is 1. The highest BCUT2D eigenvalue weighted by Crippen LogP contribution is 2.41. The van der Waals surface area contributed by atoms with Gasteiger partial charge in [-0.05, 0) is 32.1 Å². The fourth-order valence-corrected chi connectivity index (χ4v) is 4.89. The summed E-state index contributed by atoms with van der Waals surface area (Å²) in [5, 5.41) is 24.8. The van der Waals surface area contributed by atoms with Crippen molar-refractivity contribution < 1.29 is 19.8 Å². The van der Waals surface area contributed by atoms with Crippen LogP contribution in [0.15, 0.2) is 29.6 Å². The summed E-state index contributed by atoms with van der Waals surface area (Å²) in [6.45, 7) is 32.9. The second kappa shape index (κ2) is 15.6. The van der Waals surface area contributed by atoms with Gasteiger partial charge in [-0.1, -0.05) is 100 Å². The number of aliphatic hydroxyl groups excluding tert-OH is 1. The molecule has 0 aromatic heterocycles. The maximum Gasteiger partial charge on any atom is 0.105 e. The van der Waals surface area contributed by atoms with Gasteiger partial charge < -0.3 is 19.8 Å². The summed E-state index contributed by atoms with van der Waals surface area (Å²) in [6, 6.07) is 0. The molecule has 0 amide bonds. The van der Waals surface area contributed by atoms with Crippen LogP contribution in [0.3, 0.4) is 0 Å². The van der Waals surface area contributed by atoms with Gasteiger partial charge in [-0.25, -0.2) is 0 Å². The molecule has 1 fully saturated rings. The molecule has 0 spiro atoms. The van der Waals surface area contributed by atoms with Crippen LogP contribution in [0, 0.1) is 29.1 Å². The van der Waals surface area contributed by atoms with Crippen molar-refractivity contribution in [1.29, 1.82) is 0 Å². The molecule has 1 saturated heterocycles. The molecular formula is C29H57NO4. The minimum atomic E-state index is -0.753. The molecule has 1 heterocycles. The van der Waals surface area contributed by atoms with E-state index in [1.807, 2.05) is 55.4 Å². The van der Waals surface area contributed by atoms with E-state index in [-0.39, 0.29) is 29.8 Å². The number of hydrogen-bond donors (Lipinski definition) is 2. The molecule has 1 aliphatic heterocycles. The summed E-state index contributed by atoms with van der Waals surface area (Å²) < 4.78 is 12.3. The van der Waals surface area contributed by atoms with E-state index in [0.717, 1.165) is 18.4 Å². The molecule has 2 unspecified atom stereocenters. The monoisotopic (exact) mass is 483 g/mol. The quantitative estimate of drug-likeness (QED) is 0.238. The first-order valence-electron chi connectivity index (χ1n) is 13.2. The number of rotatable bonds is 2. The number of ether oxygens (including phenoxy) is 2. The van der Waals surface area contributed by atoms with Crippen molar-refractivity contribution >= 4 is 5.71 Å². The third-order valence-electron chi connectivity index (χ3n) is 7.70. The molecule has 202 valence electrons. The third-order valence-corrected chi connectivity index (χ3v) is 7.70. The molecule has 7 atom stereocenters. The minimum Gasteiger partial charge on any atom is -0.494 e. The number of hydrogen-bond acceptors (Lipinski definition) is 5. The Hall–Kier alpha value is -1.33. The van der Waals surface area contributed by atoms with Crippen LogP contribution in [0.25, 0.3) is 0 Å². The van der Waals surface area contributed by atoms with E-state index in [1.54, 1.807) is 7.11 Å². The van der Waals surface area contributed by atoms with E-state index < -0.39 is 17.1 Å². The summed E-state index contributed by atoms with van der Waals surface area (Å²) in [7, 11) is 1.73. The zero-order chi connectivity index (χ0) is 27.4. The largest absolute Gasteiger partial charge is 0.494 e. The van der Waals surface area contributed by atoms with Crippen LogP contribution in [-0.2, 0) is 9.47 Å². The van der Waals surface area contributed by atoms with Crippen molar-refractivity contribution in [1.82, 2.24) is 0 Å². The van der Waals surface area contributed by atoms with Crippen LogP contribution in [0.2, 0.25) is 0 Å². The first kappa shape index (κ1) is 34.8. The van der Waals surface area contributed by atoms with Crippen molar-refractivity contribution in [2.75, 3.05) is 7.11 Å². The molecule has 5 nitrogen and oxygen atoms in total. The van der Waals surface area contributed by atoms with E-state index in [9.17, 15) is 10.3 Å². The average Bonchev–Trinajstić information content (AvgIpc) is 2.83. The Morgan fingerprint density at radius 3 is 1.97 bits per heavy atom. The normalized spacial score (nSPS) is 36.2. The van der Waals surface area contributed by atoms with Crippen LogP contribution in [0.1, 0.15) is 102 Å². The number of methoxy groups -OCH3 is 1. The molecule has 5 heteroatoms. The highest BCUT2D eigenvalue weighted by atomic mass is 16.5. The lowest BCUT2D eigenvalue weighted by atomic mass is 9.70. The van der Waals surface area contributed by atoms with Gasteiger partial charge in [0, 0.05) is 30.3 Å². The maximum absolute atomic E-state index is 11.3. The fraction of sp³-hybridized carbons (Fsp3) is 0.828. The first-order valence-corrected chi connectivity index (χ1v) is 13.2. The highest BCUT2D eigenvalue weighted by molar-refractivity contribution is 5.88. The Bertz CT molecular complexity index is 642. The summed E-state index contributed by atoms with van der Waals surface area (Å²) in [5.41, 5.74) is 0.633. The van der Waals surface area contributed by atoms with Crippen LogP contribution in [0.4, 0.5) is 0 Å². The van der Waals surface area contributed by atoms with E-state index in [1.165, 1.54) is 0 Å². The van der Waals surface area contributed by atoms with Crippen LogP contribution in [0.5, 0.6) is 0 Å². The van der Waals surface area contributed by atoms with Crippen molar-refractivity contribution in [3.05, 3.63) is 24.5 Å². The van der Waals surface area contributed by atoms with Crippen molar-refractivity contribution in [3.8, 4) is 0 Å². The van der Waals surface area contributed by atoms with Crippen LogP contribution >= 0.6 is 0 Å². The zero-order valence-electron chi connectivity index (χ0n) is 24.7. The fourth-order valence-electron chi connectivity index (χ4n) is 4.89. The van der Waals surface area contributed by atoms with Gasteiger partial charge in [0.05, 0.1) is 23.2 Å². The predicted molar refractivity (Wildman–Crippen MR) is 146 cm³/mol. The Morgan fingerprint density at radius 1 is 1.06 bits per heavy atom. The summed E-state index contributed by atoms with van der Waals surface area (Å²) >= 11 is 0. The number of aliphatic hydroxyl groups is 1. The molecule has 0 aromatic rings. The van der Waals surface area contributed by atoms with Gasteiger partial charge in [-0.15, -0.1) is 0 Å². The molecule has 1 rings (SSSR count). The predicted octanol–water partition coefficient (Wildman–Crippen LogP) is 7.86. The van der Waals surface area contributed by atoms with Crippen molar-refractivity contribution in [2.24, 2.45) is 34.2 Å². The Morgan fingerprint density at radius 2 is 1.56 bits per heavy atom. The lowest BCUT2D eigenvalue weighted by Crippen LogP contribution is -2.48. The van der Waals surface area contributed by atoms with E-state index in [4.69, 9.17) is 9.47 Å². The summed E-state index contributed by atoms with van der Waals surface area (Å²) in [5.74, 6) is 0.467.